The lowest BCUT2D eigenvalue weighted by atomic mass is 9.98. The van der Waals surface area contributed by atoms with Crippen molar-refractivity contribution in [3.8, 4) is 11.3 Å². The van der Waals surface area contributed by atoms with E-state index in [0.717, 1.165) is 36.2 Å². The smallest absolute Gasteiger partial charge is 0.270 e. The molecule has 0 spiro atoms. The van der Waals surface area contributed by atoms with Gasteiger partial charge in [0.2, 0.25) is 0 Å². The van der Waals surface area contributed by atoms with E-state index in [9.17, 15) is 4.79 Å². The first-order valence-corrected chi connectivity index (χ1v) is 7.44. The number of hydrogen-bond donors (Lipinski definition) is 1. The Morgan fingerprint density at radius 2 is 2.05 bits per heavy atom. The molecule has 108 valence electrons. The van der Waals surface area contributed by atoms with Crippen LogP contribution < -0.4 is 5.56 Å². The Balaban J connectivity index is 2.54. The van der Waals surface area contributed by atoms with Crippen molar-refractivity contribution in [3.05, 3.63) is 45.7 Å². The third-order valence-electron chi connectivity index (χ3n) is 3.61. The van der Waals surface area contributed by atoms with Gasteiger partial charge >= 0.3 is 0 Å². The Hall–Kier alpha value is -1.77. The quantitative estimate of drug-likeness (QED) is 0.875. The van der Waals surface area contributed by atoms with Crippen LogP contribution in [0.5, 0.6) is 0 Å². The molecule has 0 amide bonds. The molecular formula is C17H24N2O. The lowest BCUT2D eigenvalue weighted by Gasteiger charge is -2.06. The average Bonchev–Trinajstić information content (AvgIpc) is 2.73. The molecule has 0 unspecified atom stereocenters. The molecule has 3 heteroatoms. The predicted octanol–water partition coefficient (Wildman–Crippen LogP) is 4.08. The first-order valence-electron chi connectivity index (χ1n) is 7.44. The molecule has 0 atom stereocenters. The molecule has 0 aliphatic heterocycles. The first kappa shape index (κ1) is 14.6. The van der Waals surface area contributed by atoms with E-state index in [0.29, 0.717) is 0 Å². The van der Waals surface area contributed by atoms with Crippen molar-refractivity contribution >= 4 is 0 Å². The summed E-state index contributed by atoms with van der Waals surface area (Å²) in [6, 6.07) is 8.30. The molecule has 0 bridgehead atoms. The van der Waals surface area contributed by atoms with Crippen molar-refractivity contribution < 1.29 is 0 Å². The predicted molar refractivity (Wildman–Crippen MR) is 84.2 cm³/mol. The van der Waals surface area contributed by atoms with Gasteiger partial charge in [-0.2, -0.15) is 0 Å². The van der Waals surface area contributed by atoms with Gasteiger partial charge in [0.15, 0.2) is 0 Å². The van der Waals surface area contributed by atoms with Gasteiger partial charge in [0.05, 0.1) is 5.69 Å². The van der Waals surface area contributed by atoms with Crippen LogP contribution in [0.3, 0.4) is 0 Å². The van der Waals surface area contributed by atoms with Crippen LogP contribution in [-0.4, -0.2) is 9.78 Å². The van der Waals surface area contributed by atoms with Crippen molar-refractivity contribution in [1.29, 1.82) is 0 Å². The minimum Gasteiger partial charge on any atom is -0.295 e. The number of nitrogens with zero attached hydrogens (tertiary/aromatic N) is 1. The van der Waals surface area contributed by atoms with E-state index >= 15 is 0 Å². The largest absolute Gasteiger partial charge is 0.295 e. The lowest BCUT2D eigenvalue weighted by molar-refractivity contribution is 0.556. The van der Waals surface area contributed by atoms with Gasteiger partial charge in [-0.05, 0) is 25.3 Å². The number of aromatic nitrogens is 2. The molecule has 2 aromatic rings. The summed E-state index contributed by atoms with van der Waals surface area (Å²) in [5.41, 5.74) is 4.31. The van der Waals surface area contributed by atoms with Gasteiger partial charge in [0.1, 0.15) is 0 Å². The van der Waals surface area contributed by atoms with Crippen molar-refractivity contribution in [2.24, 2.45) is 0 Å². The van der Waals surface area contributed by atoms with Gasteiger partial charge in [0, 0.05) is 17.7 Å². The Bertz CT molecular complexity index is 635. The van der Waals surface area contributed by atoms with Crippen molar-refractivity contribution in [2.45, 2.75) is 53.0 Å². The van der Waals surface area contributed by atoms with Crippen molar-refractivity contribution in [3.63, 3.8) is 0 Å². The average molecular weight is 272 g/mol. The minimum absolute atomic E-state index is 0.130. The Morgan fingerprint density at radius 1 is 1.30 bits per heavy atom. The fourth-order valence-corrected chi connectivity index (χ4v) is 2.53. The molecule has 20 heavy (non-hydrogen) atoms. The number of aromatic amines is 1. The molecular weight excluding hydrogens is 248 g/mol. The van der Waals surface area contributed by atoms with Gasteiger partial charge < -0.3 is 0 Å². The molecule has 1 aromatic carbocycles. The Morgan fingerprint density at radius 3 is 2.65 bits per heavy atom. The lowest BCUT2D eigenvalue weighted by Crippen LogP contribution is -2.19. The summed E-state index contributed by atoms with van der Waals surface area (Å²) < 4.78 is 1.76. The molecule has 1 aromatic heterocycles. The molecule has 3 nitrogen and oxygen atoms in total. The second kappa shape index (κ2) is 6.12. The zero-order valence-corrected chi connectivity index (χ0v) is 12.9. The number of rotatable bonds is 5. The zero-order chi connectivity index (χ0) is 14.7. The maximum atomic E-state index is 12.5. The van der Waals surface area contributed by atoms with Crippen LogP contribution in [0.15, 0.2) is 29.1 Å². The number of unbranched alkanes of at least 4 members (excludes halogenated alkanes) is 1. The normalized spacial score (nSPS) is 11.2. The van der Waals surface area contributed by atoms with E-state index in [-0.39, 0.29) is 11.5 Å². The maximum absolute atomic E-state index is 12.5. The van der Waals surface area contributed by atoms with Crippen LogP contribution in [0.1, 0.15) is 50.7 Å². The van der Waals surface area contributed by atoms with Gasteiger partial charge in [-0.1, -0.05) is 51.0 Å². The minimum atomic E-state index is 0.130. The fraction of sp³-hybridized carbons (Fsp3) is 0.471. The second-order valence-corrected chi connectivity index (χ2v) is 5.74. The summed E-state index contributed by atoms with van der Waals surface area (Å²) in [6.07, 6.45) is 2.10. The topological polar surface area (TPSA) is 37.8 Å². The number of aryl methyl sites for hydroxylation is 2. The highest BCUT2D eigenvalue weighted by atomic mass is 16.1. The van der Waals surface area contributed by atoms with Crippen LogP contribution in [0.25, 0.3) is 11.3 Å². The second-order valence-electron chi connectivity index (χ2n) is 5.74. The summed E-state index contributed by atoms with van der Waals surface area (Å²) >= 11 is 0. The summed E-state index contributed by atoms with van der Waals surface area (Å²) in [4.78, 5) is 12.5. The molecule has 0 fully saturated rings. The van der Waals surface area contributed by atoms with Crippen LogP contribution in [0, 0.1) is 6.92 Å². The Kier molecular flexibility index (Phi) is 4.48. The first-order chi connectivity index (χ1) is 9.54. The number of hydrogen-bond acceptors (Lipinski definition) is 1. The maximum Gasteiger partial charge on any atom is 0.270 e. The molecule has 0 saturated heterocycles. The molecule has 1 heterocycles. The third-order valence-corrected chi connectivity index (χ3v) is 3.61. The van der Waals surface area contributed by atoms with Crippen LogP contribution in [-0.2, 0) is 6.54 Å². The van der Waals surface area contributed by atoms with Gasteiger partial charge in [-0.15, -0.1) is 0 Å². The highest BCUT2D eigenvalue weighted by molar-refractivity contribution is 5.64. The van der Waals surface area contributed by atoms with E-state index < -0.39 is 0 Å². The molecule has 0 aliphatic rings. The van der Waals surface area contributed by atoms with E-state index in [2.05, 4.69) is 51.0 Å². The van der Waals surface area contributed by atoms with Crippen LogP contribution in [0.2, 0.25) is 0 Å². The van der Waals surface area contributed by atoms with Crippen LogP contribution >= 0.6 is 0 Å². The Labute approximate surface area is 120 Å². The summed E-state index contributed by atoms with van der Waals surface area (Å²) in [7, 11) is 0. The van der Waals surface area contributed by atoms with Crippen molar-refractivity contribution in [2.75, 3.05) is 0 Å². The molecule has 2 rings (SSSR count). The summed E-state index contributed by atoms with van der Waals surface area (Å²) in [6.45, 7) is 9.13. The number of H-pyrrole nitrogens is 1. The molecule has 0 aliphatic carbocycles. The number of nitrogens with one attached hydrogen (secondary N) is 1. The third kappa shape index (κ3) is 2.87. The highest BCUT2D eigenvalue weighted by Crippen LogP contribution is 2.25. The summed E-state index contributed by atoms with van der Waals surface area (Å²) in [5.74, 6) is 0.220. The van der Waals surface area contributed by atoms with E-state index in [1.807, 2.05) is 6.07 Å². The molecule has 1 N–H and O–H groups in total. The standard InChI is InChI=1S/C17H24N2O/c1-5-6-10-19-17(20)15(12(2)3)16(18-19)14-9-7-8-13(4)11-14/h7-9,11-12,18H,5-6,10H2,1-4H3. The van der Waals surface area contributed by atoms with Crippen LogP contribution in [0.4, 0.5) is 0 Å². The van der Waals surface area contributed by atoms with E-state index in [1.54, 1.807) is 4.68 Å². The van der Waals surface area contributed by atoms with Gasteiger partial charge in [0.25, 0.3) is 5.56 Å². The van der Waals surface area contributed by atoms with E-state index in [1.165, 1.54) is 5.56 Å². The van der Waals surface area contributed by atoms with Gasteiger partial charge in [-0.3, -0.25) is 14.6 Å². The number of benzene rings is 1. The molecule has 0 saturated carbocycles. The SMILES string of the molecule is CCCCn1[nH]c(-c2cccc(C)c2)c(C(C)C)c1=O. The zero-order valence-electron chi connectivity index (χ0n) is 12.9. The molecule has 0 radical (unpaired) electrons. The highest BCUT2D eigenvalue weighted by Gasteiger charge is 2.18. The monoisotopic (exact) mass is 272 g/mol. The van der Waals surface area contributed by atoms with E-state index in [4.69, 9.17) is 0 Å². The summed E-state index contributed by atoms with van der Waals surface area (Å²) in [5, 5.41) is 3.31. The van der Waals surface area contributed by atoms with Gasteiger partial charge in [-0.25, -0.2) is 0 Å². The fourth-order valence-electron chi connectivity index (χ4n) is 2.53. The van der Waals surface area contributed by atoms with Crippen molar-refractivity contribution in [1.82, 2.24) is 9.78 Å².